The molecule has 3 amide bonds. The molecule has 0 radical (unpaired) electrons. The molecule has 0 saturated carbocycles. The van der Waals surface area contributed by atoms with Gasteiger partial charge in [0.1, 0.15) is 11.5 Å². The molecule has 2 aliphatic rings. The number of aldehydes is 1. The highest BCUT2D eigenvalue weighted by Gasteiger charge is 2.39. The van der Waals surface area contributed by atoms with Crippen LogP contribution in [0.3, 0.4) is 0 Å². The molecule has 26 heavy (non-hydrogen) atoms. The summed E-state index contributed by atoms with van der Waals surface area (Å²) in [7, 11) is 0. The van der Waals surface area contributed by atoms with Crippen molar-refractivity contribution in [3.63, 3.8) is 0 Å². The Hall–Kier alpha value is -3.22. The van der Waals surface area contributed by atoms with E-state index in [1.54, 1.807) is 30.3 Å². The van der Waals surface area contributed by atoms with Crippen molar-refractivity contribution in [1.29, 1.82) is 0 Å². The van der Waals surface area contributed by atoms with E-state index in [1.165, 1.54) is 0 Å². The van der Waals surface area contributed by atoms with E-state index in [0.29, 0.717) is 17.5 Å². The molecule has 2 aliphatic heterocycles. The Bertz CT molecular complexity index is 896. The first kappa shape index (κ1) is 16.3. The van der Waals surface area contributed by atoms with Crippen LogP contribution in [-0.2, 0) is 0 Å². The smallest absolute Gasteiger partial charge is 0.324 e. The van der Waals surface area contributed by atoms with Gasteiger partial charge in [-0.05, 0) is 43.5 Å². The van der Waals surface area contributed by atoms with Crippen molar-refractivity contribution in [1.82, 2.24) is 9.88 Å². The maximum atomic E-state index is 12.6. The fourth-order valence-electron chi connectivity index (χ4n) is 3.71. The van der Waals surface area contributed by atoms with Crippen molar-refractivity contribution in [2.45, 2.75) is 25.3 Å². The van der Waals surface area contributed by atoms with Crippen LogP contribution >= 0.6 is 0 Å². The third kappa shape index (κ3) is 2.81. The summed E-state index contributed by atoms with van der Waals surface area (Å²) in [5, 5.41) is 5.45. The lowest BCUT2D eigenvalue weighted by Crippen LogP contribution is -2.32. The van der Waals surface area contributed by atoms with Crippen LogP contribution in [0.2, 0.25) is 0 Å². The number of aromatic nitrogens is 1. The van der Waals surface area contributed by atoms with E-state index in [-0.39, 0.29) is 23.5 Å². The summed E-state index contributed by atoms with van der Waals surface area (Å²) in [5.41, 5.74) is 2.43. The molecule has 4 rings (SSSR count). The Morgan fingerprint density at radius 3 is 2.85 bits per heavy atom. The maximum Gasteiger partial charge on any atom is 0.324 e. The highest BCUT2D eigenvalue weighted by atomic mass is 16.2. The molecule has 1 aromatic heterocycles. The zero-order valence-corrected chi connectivity index (χ0v) is 14.1. The lowest BCUT2D eigenvalue weighted by Gasteiger charge is -2.30. The number of benzene rings is 1. The second kappa shape index (κ2) is 6.59. The standard InChI is InChI=1S/C19H18N4O3/c24-11-12-5-3-9-16(20-12)22-19(26)21-14-7-4-6-13-17(14)15-8-1-2-10-23(15)18(13)25/h3-7,9,11,15H,1-2,8,10H2,(H2,20,21,22,26). The summed E-state index contributed by atoms with van der Waals surface area (Å²) in [6.45, 7) is 0.756. The first-order valence-electron chi connectivity index (χ1n) is 8.61. The Balaban J connectivity index is 1.57. The molecule has 0 aliphatic carbocycles. The predicted octanol–water partition coefficient (Wildman–Crippen LogP) is 3.22. The molecule has 2 aromatic rings. The lowest BCUT2D eigenvalue weighted by atomic mass is 9.96. The zero-order chi connectivity index (χ0) is 18.1. The van der Waals surface area contributed by atoms with Gasteiger partial charge in [-0.15, -0.1) is 0 Å². The molecule has 132 valence electrons. The quantitative estimate of drug-likeness (QED) is 0.832. The number of nitrogens with zero attached hydrogens (tertiary/aromatic N) is 2. The number of rotatable bonds is 3. The molecule has 0 bridgehead atoms. The third-order valence-electron chi connectivity index (χ3n) is 4.81. The van der Waals surface area contributed by atoms with E-state index < -0.39 is 6.03 Å². The van der Waals surface area contributed by atoms with E-state index in [2.05, 4.69) is 15.6 Å². The van der Waals surface area contributed by atoms with Crippen molar-refractivity contribution < 1.29 is 14.4 Å². The summed E-state index contributed by atoms with van der Waals surface area (Å²) < 4.78 is 0. The molecule has 1 saturated heterocycles. The van der Waals surface area contributed by atoms with E-state index in [4.69, 9.17) is 0 Å². The van der Waals surface area contributed by atoms with Crippen molar-refractivity contribution in [2.24, 2.45) is 0 Å². The van der Waals surface area contributed by atoms with E-state index in [9.17, 15) is 14.4 Å². The van der Waals surface area contributed by atoms with E-state index in [1.807, 2.05) is 11.0 Å². The van der Waals surface area contributed by atoms with Gasteiger partial charge in [0.2, 0.25) is 0 Å². The molecule has 1 fully saturated rings. The Labute approximate surface area is 150 Å². The number of nitrogens with one attached hydrogen (secondary N) is 2. The van der Waals surface area contributed by atoms with Crippen molar-refractivity contribution >= 4 is 29.7 Å². The highest BCUT2D eigenvalue weighted by molar-refractivity contribution is 6.05. The fraction of sp³-hybridized carbons (Fsp3) is 0.263. The number of carbonyl (C=O) groups excluding carboxylic acids is 3. The van der Waals surface area contributed by atoms with Gasteiger partial charge in [0, 0.05) is 23.4 Å². The molecule has 0 spiro atoms. The molecule has 3 heterocycles. The SMILES string of the molecule is O=Cc1cccc(NC(=O)Nc2cccc3c2C2CCCCN2C3=O)n1. The number of fused-ring (bicyclic) bond motifs is 3. The summed E-state index contributed by atoms with van der Waals surface area (Å²) in [6.07, 6.45) is 3.60. The molecule has 7 heteroatoms. The predicted molar refractivity (Wildman–Crippen MR) is 96.3 cm³/mol. The minimum absolute atomic E-state index is 0.0271. The number of pyridine rings is 1. The van der Waals surface area contributed by atoms with Crippen LogP contribution < -0.4 is 10.6 Å². The van der Waals surface area contributed by atoms with E-state index >= 15 is 0 Å². The van der Waals surface area contributed by atoms with Crippen molar-refractivity contribution in [2.75, 3.05) is 17.2 Å². The van der Waals surface area contributed by atoms with Gasteiger partial charge in [0.25, 0.3) is 5.91 Å². The normalized spacial score (nSPS) is 18.1. The number of hydrogen-bond acceptors (Lipinski definition) is 4. The zero-order valence-electron chi connectivity index (χ0n) is 14.1. The molecule has 1 unspecified atom stereocenters. The Morgan fingerprint density at radius 1 is 1.15 bits per heavy atom. The Kier molecular flexibility index (Phi) is 4.12. The Morgan fingerprint density at radius 2 is 2.00 bits per heavy atom. The minimum atomic E-state index is -0.462. The molecular formula is C19H18N4O3. The summed E-state index contributed by atoms with van der Waals surface area (Å²) in [4.78, 5) is 41.7. The van der Waals surface area contributed by atoms with Gasteiger partial charge in [-0.25, -0.2) is 9.78 Å². The van der Waals surface area contributed by atoms with Crippen molar-refractivity contribution in [3.8, 4) is 0 Å². The van der Waals surface area contributed by atoms with Crippen LogP contribution in [0.15, 0.2) is 36.4 Å². The van der Waals surface area contributed by atoms with Gasteiger partial charge < -0.3 is 10.2 Å². The maximum absolute atomic E-state index is 12.6. The number of anilines is 2. The van der Waals surface area contributed by atoms with Crippen LogP contribution in [0.25, 0.3) is 0 Å². The van der Waals surface area contributed by atoms with Crippen LogP contribution in [-0.4, -0.2) is 34.7 Å². The molecule has 1 aromatic carbocycles. The van der Waals surface area contributed by atoms with Crippen LogP contribution in [0.1, 0.15) is 51.7 Å². The summed E-state index contributed by atoms with van der Waals surface area (Å²) in [5.74, 6) is 0.323. The average molecular weight is 350 g/mol. The van der Waals surface area contributed by atoms with Crippen LogP contribution in [0, 0.1) is 0 Å². The number of hydrogen-bond donors (Lipinski definition) is 2. The average Bonchev–Trinajstić information content (AvgIpc) is 2.96. The number of amides is 3. The largest absolute Gasteiger partial charge is 0.331 e. The minimum Gasteiger partial charge on any atom is -0.331 e. The van der Waals surface area contributed by atoms with Gasteiger partial charge in [-0.3, -0.25) is 14.9 Å². The van der Waals surface area contributed by atoms with E-state index in [0.717, 1.165) is 31.4 Å². The summed E-state index contributed by atoms with van der Waals surface area (Å²) >= 11 is 0. The van der Waals surface area contributed by atoms with Gasteiger partial charge >= 0.3 is 6.03 Å². The number of piperidine rings is 1. The molecule has 7 nitrogen and oxygen atoms in total. The fourth-order valence-corrected chi connectivity index (χ4v) is 3.71. The summed E-state index contributed by atoms with van der Waals surface area (Å²) in [6, 6.07) is 9.77. The number of urea groups is 1. The van der Waals surface area contributed by atoms with Crippen LogP contribution in [0.4, 0.5) is 16.3 Å². The molecule has 2 N–H and O–H groups in total. The molecular weight excluding hydrogens is 332 g/mol. The van der Waals surface area contributed by atoms with Crippen molar-refractivity contribution in [3.05, 3.63) is 53.2 Å². The van der Waals surface area contributed by atoms with Gasteiger partial charge in [0.05, 0.1) is 6.04 Å². The lowest BCUT2D eigenvalue weighted by molar-refractivity contribution is 0.0672. The first-order valence-corrected chi connectivity index (χ1v) is 8.61. The third-order valence-corrected chi connectivity index (χ3v) is 4.81. The second-order valence-electron chi connectivity index (χ2n) is 6.42. The van der Waals surface area contributed by atoms with Crippen LogP contribution in [0.5, 0.6) is 0 Å². The number of carbonyl (C=O) groups is 3. The van der Waals surface area contributed by atoms with Gasteiger partial charge in [-0.2, -0.15) is 0 Å². The highest BCUT2D eigenvalue weighted by Crippen LogP contribution is 2.43. The molecule has 1 atom stereocenters. The van der Waals surface area contributed by atoms with Gasteiger partial charge in [-0.1, -0.05) is 12.1 Å². The monoisotopic (exact) mass is 350 g/mol. The van der Waals surface area contributed by atoms with Gasteiger partial charge in [0.15, 0.2) is 6.29 Å². The first-order chi connectivity index (χ1) is 12.7. The second-order valence-corrected chi connectivity index (χ2v) is 6.42. The topological polar surface area (TPSA) is 91.4 Å².